The normalized spacial score (nSPS) is 10.2. The van der Waals surface area contributed by atoms with E-state index in [1.165, 1.54) is 141 Å². The molecule has 0 aromatic rings. The quantitative estimate of drug-likeness (QED) is 0.0737. The van der Waals surface area contributed by atoms with Gasteiger partial charge in [0, 0.05) is 30.2 Å². The molecule has 0 aromatic carbocycles. The molecule has 0 amide bonds. The Hall–Kier alpha value is -0.568. The van der Waals surface area contributed by atoms with Gasteiger partial charge in [-0.05, 0) is 12.8 Å². The lowest BCUT2D eigenvalue weighted by atomic mass is 10.0. The Bertz CT molecular complexity index is 406. The van der Waals surface area contributed by atoms with Crippen molar-refractivity contribution >= 4 is 29.3 Å². The summed E-state index contributed by atoms with van der Waals surface area (Å²) in [4.78, 5) is 20.6. The van der Waals surface area contributed by atoms with E-state index in [0.717, 1.165) is 25.7 Å². The Morgan fingerprint density at radius 2 is 0.526 bits per heavy atom. The van der Waals surface area contributed by atoms with Crippen molar-refractivity contribution in [1.82, 2.24) is 0 Å². The van der Waals surface area contributed by atoms with E-state index in [2.05, 4.69) is 13.8 Å². The topological polar surface area (TPSA) is 106 Å². The standard InChI is InChI=1S/2C16H32O2.Al.H2O/c2*1-2-3-4-5-6-7-8-9-10-11-12-13-14-15-16(17)18;;/h2*2-15H2,1H3,(H,17,18);;1H2. The summed E-state index contributed by atoms with van der Waals surface area (Å²) in [6.45, 7) is 4.52. The Morgan fingerprint density at radius 1 is 0.368 bits per heavy atom. The van der Waals surface area contributed by atoms with Crippen LogP contribution in [0.2, 0.25) is 0 Å². The fraction of sp³-hybridized carbons (Fsp3) is 0.938. The van der Waals surface area contributed by atoms with Crippen LogP contribution in [-0.2, 0) is 9.59 Å². The SMILES string of the molecule is CCCCCCCCCCCCCCCC(=O)O.CCCCCCCCCCCCCCCC(=O)O.O.[Al]. The van der Waals surface area contributed by atoms with Crippen LogP contribution in [-0.4, -0.2) is 45.0 Å². The van der Waals surface area contributed by atoms with Crippen LogP contribution in [0, 0.1) is 0 Å². The monoisotopic (exact) mass is 557 g/mol. The van der Waals surface area contributed by atoms with E-state index in [0.29, 0.717) is 12.8 Å². The molecule has 3 radical (unpaired) electrons. The highest BCUT2D eigenvalue weighted by Crippen LogP contribution is 2.14. The molecule has 6 heteroatoms. The van der Waals surface area contributed by atoms with Gasteiger partial charge in [-0.2, -0.15) is 0 Å². The summed E-state index contributed by atoms with van der Waals surface area (Å²) >= 11 is 0. The lowest BCUT2D eigenvalue weighted by Crippen LogP contribution is -1.93. The first-order valence-corrected chi connectivity index (χ1v) is 16.0. The van der Waals surface area contributed by atoms with Crippen molar-refractivity contribution in [3.8, 4) is 0 Å². The minimum absolute atomic E-state index is 0. The molecule has 38 heavy (non-hydrogen) atoms. The molecule has 0 rings (SSSR count). The first-order chi connectivity index (χ1) is 17.5. The fourth-order valence-corrected chi connectivity index (χ4v) is 4.59. The van der Waals surface area contributed by atoms with Crippen molar-refractivity contribution in [1.29, 1.82) is 0 Å². The predicted molar refractivity (Wildman–Crippen MR) is 165 cm³/mol. The number of unbranched alkanes of at least 4 members (excludes halogenated alkanes) is 24. The third-order valence-corrected chi connectivity index (χ3v) is 6.99. The summed E-state index contributed by atoms with van der Waals surface area (Å²) in [5.74, 6) is -1.31. The number of aliphatic carboxylic acids is 2. The van der Waals surface area contributed by atoms with Crippen molar-refractivity contribution in [2.24, 2.45) is 0 Å². The second-order valence-corrected chi connectivity index (χ2v) is 10.8. The molecule has 0 fully saturated rings. The molecule has 5 nitrogen and oxygen atoms in total. The summed E-state index contributed by atoms with van der Waals surface area (Å²) in [6, 6.07) is 0. The van der Waals surface area contributed by atoms with Crippen LogP contribution >= 0.6 is 0 Å². The maximum Gasteiger partial charge on any atom is 0.303 e. The average molecular weight is 558 g/mol. The van der Waals surface area contributed by atoms with Crippen LogP contribution in [0.25, 0.3) is 0 Å². The molecule has 0 saturated carbocycles. The molecule has 0 unspecified atom stereocenters. The number of hydrogen-bond donors (Lipinski definition) is 2. The number of hydrogen-bond acceptors (Lipinski definition) is 2. The van der Waals surface area contributed by atoms with Crippen molar-refractivity contribution in [3.05, 3.63) is 0 Å². The van der Waals surface area contributed by atoms with Gasteiger partial charge < -0.3 is 15.7 Å². The summed E-state index contributed by atoms with van der Waals surface area (Å²) in [5, 5.41) is 17.0. The average Bonchev–Trinajstić information content (AvgIpc) is 2.85. The second-order valence-electron chi connectivity index (χ2n) is 10.8. The predicted octanol–water partition coefficient (Wildman–Crippen LogP) is 9.90. The molecule has 0 aliphatic heterocycles. The molecule has 0 aliphatic carbocycles. The van der Waals surface area contributed by atoms with E-state index in [1.807, 2.05) is 0 Å². The Balaban J connectivity index is -0.000000289. The van der Waals surface area contributed by atoms with E-state index >= 15 is 0 Å². The van der Waals surface area contributed by atoms with Crippen LogP contribution in [0.1, 0.15) is 194 Å². The Morgan fingerprint density at radius 3 is 0.684 bits per heavy atom. The molecular weight excluding hydrogens is 491 g/mol. The van der Waals surface area contributed by atoms with Gasteiger partial charge in [0.15, 0.2) is 0 Å². The zero-order valence-corrected chi connectivity index (χ0v) is 26.7. The van der Waals surface area contributed by atoms with E-state index in [4.69, 9.17) is 10.2 Å². The van der Waals surface area contributed by atoms with Gasteiger partial charge in [0.2, 0.25) is 0 Å². The lowest BCUT2D eigenvalue weighted by molar-refractivity contribution is -0.138. The molecule has 0 spiro atoms. The molecule has 0 aliphatic rings. The van der Waals surface area contributed by atoms with Crippen LogP contribution in [0.5, 0.6) is 0 Å². The number of rotatable bonds is 28. The van der Waals surface area contributed by atoms with Crippen LogP contribution < -0.4 is 0 Å². The first kappa shape index (κ1) is 44.5. The van der Waals surface area contributed by atoms with Gasteiger partial charge in [-0.25, -0.2) is 0 Å². The van der Waals surface area contributed by atoms with E-state index in [9.17, 15) is 9.59 Å². The van der Waals surface area contributed by atoms with E-state index < -0.39 is 11.9 Å². The maximum absolute atomic E-state index is 10.3. The summed E-state index contributed by atoms with van der Waals surface area (Å²) in [5.41, 5.74) is 0. The largest absolute Gasteiger partial charge is 0.481 e. The summed E-state index contributed by atoms with van der Waals surface area (Å²) in [7, 11) is 0. The molecule has 0 bridgehead atoms. The molecule has 0 atom stereocenters. The summed E-state index contributed by atoms with van der Waals surface area (Å²) < 4.78 is 0. The second kappa shape index (κ2) is 40.9. The Kier molecular flexibility index (Phi) is 47.9. The third-order valence-electron chi connectivity index (χ3n) is 6.99. The highest BCUT2D eigenvalue weighted by Gasteiger charge is 1.98. The third kappa shape index (κ3) is 48.5. The van der Waals surface area contributed by atoms with Crippen LogP contribution in [0.4, 0.5) is 0 Å². The summed E-state index contributed by atoms with van der Waals surface area (Å²) in [6.07, 6.45) is 34.5. The van der Waals surface area contributed by atoms with Gasteiger partial charge in [0.1, 0.15) is 0 Å². The van der Waals surface area contributed by atoms with Crippen molar-refractivity contribution in [2.45, 2.75) is 194 Å². The Labute approximate surface area is 247 Å². The van der Waals surface area contributed by atoms with Gasteiger partial charge in [-0.3, -0.25) is 9.59 Å². The maximum atomic E-state index is 10.3. The van der Waals surface area contributed by atoms with Crippen molar-refractivity contribution in [2.75, 3.05) is 0 Å². The fourth-order valence-electron chi connectivity index (χ4n) is 4.59. The van der Waals surface area contributed by atoms with Gasteiger partial charge >= 0.3 is 11.9 Å². The molecular formula is C32H66AlO5. The number of carboxylic acid groups (broad SMARTS) is 2. The number of carboxylic acids is 2. The number of carbonyl (C=O) groups is 2. The van der Waals surface area contributed by atoms with Crippen LogP contribution in [0.15, 0.2) is 0 Å². The molecule has 4 N–H and O–H groups in total. The zero-order chi connectivity index (χ0) is 27.0. The first-order valence-electron chi connectivity index (χ1n) is 16.0. The molecule has 0 saturated heterocycles. The molecule has 227 valence electrons. The minimum atomic E-state index is -0.655. The minimum Gasteiger partial charge on any atom is -0.481 e. The van der Waals surface area contributed by atoms with Crippen LogP contribution in [0.3, 0.4) is 0 Å². The van der Waals surface area contributed by atoms with Crippen molar-refractivity contribution in [3.63, 3.8) is 0 Å². The molecule has 0 aromatic heterocycles. The zero-order valence-electron chi connectivity index (χ0n) is 25.6. The van der Waals surface area contributed by atoms with Gasteiger partial charge in [-0.15, -0.1) is 0 Å². The van der Waals surface area contributed by atoms with E-state index in [1.54, 1.807) is 0 Å². The van der Waals surface area contributed by atoms with Gasteiger partial charge in [-0.1, -0.05) is 168 Å². The smallest absolute Gasteiger partial charge is 0.303 e. The lowest BCUT2D eigenvalue weighted by Gasteiger charge is -2.02. The van der Waals surface area contributed by atoms with Gasteiger partial charge in [0.25, 0.3) is 0 Å². The highest BCUT2D eigenvalue weighted by molar-refractivity contribution is 5.75. The van der Waals surface area contributed by atoms with Gasteiger partial charge in [0.05, 0.1) is 0 Å². The van der Waals surface area contributed by atoms with Crippen molar-refractivity contribution < 1.29 is 25.3 Å². The molecule has 0 heterocycles. The van der Waals surface area contributed by atoms with E-state index in [-0.39, 0.29) is 22.8 Å². The highest BCUT2D eigenvalue weighted by atomic mass is 27.0.